The van der Waals surface area contributed by atoms with Crippen LogP contribution >= 0.6 is 11.8 Å². The Kier molecular flexibility index (Phi) is 10.6. The number of alkyl halides is 6. The van der Waals surface area contributed by atoms with Crippen molar-refractivity contribution < 1.29 is 31.1 Å². The number of thioether (sulfide) groups is 1. The van der Waals surface area contributed by atoms with E-state index in [1.807, 2.05) is 17.0 Å². The first-order chi connectivity index (χ1) is 21.8. The molecule has 1 amide bonds. The Labute approximate surface area is 268 Å². The number of carbonyl (C=O) groups is 1. The molecule has 2 heterocycles. The second-order valence-corrected chi connectivity index (χ2v) is 12.7. The van der Waals surface area contributed by atoms with Crippen molar-refractivity contribution in [1.82, 2.24) is 9.80 Å². The van der Waals surface area contributed by atoms with Gasteiger partial charge < -0.3 is 20.9 Å². The third kappa shape index (κ3) is 9.03. The molecule has 2 aliphatic heterocycles. The standard InChI is InChI=1S/C33H37F6N5OS/c34-32(35,36)24-3-1-23(2-4-24)22-46-28-8-6-27(7-9-28)43-19-17-42(18-20-43)14-13-31(45)44-15-11-25(12-16-44)41-26-5-10-30(40)29(21-26)33(37,38)39/h1-10,21,25,41H,11-20,22,40H2. The molecule has 2 saturated heterocycles. The number of hydrogen-bond acceptors (Lipinski definition) is 6. The van der Waals surface area contributed by atoms with Gasteiger partial charge in [-0.1, -0.05) is 12.1 Å². The summed E-state index contributed by atoms with van der Waals surface area (Å²) in [7, 11) is 0. The second-order valence-electron chi connectivity index (χ2n) is 11.7. The highest BCUT2D eigenvalue weighted by atomic mass is 32.2. The number of benzene rings is 3. The topological polar surface area (TPSA) is 64.8 Å². The summed E-state index contributed by atoms with van der Waals surface area (Å²) in [6.07, 6.45) is -7.11. The molecule has 2 aliphatic rings. The smallest absolute Gasteiger partial charge is 0.398 e. The van der Waals surface area contributed by atoms with E-state index in [4.69, 9.17) is 5.73 Å². The highest BCUT2D eigenvalue weighted by Gasteiger charge is 2.33. The van der Waals surface area contributed by atoms with Crippen molar-refractivity contribution in [2.24, 2.45) is 0 Å². The van der Waals surface area contributed by atoms with Crippen LogP contribution in [-0.2, 0) is 22.9 Å². The molecular weight excluding hydrogens is 628 g/mol. The number of halogens is 6. The van der Waals surface area contributed by atoms with E-state index in [0.29, 0.717) is 50.3 Å². The van der Waals surface area contributed by atoms with Gasteiger partial charge in [-0.3, -0.25) is 9.69 Å². The number of piperidine rings is 1. The van der Waals surface area contributed by atoms with Crippen LogP contribution in [-0.4, -0.2) is 67.6 Å². The second kappa shape index (κ2) is 14.5. The summed E-state index contributed by atoms with van der Waals surface area (Å²) in [5.74, 6) is 0.677. The number of nitrogens with two attached hydrogens (primary N) is 1. The van der Waals surface area contributed by atoms with E-state index in [1.165, 1.54) is 18.2 Å². The number of likely N-dealkylation sites (tertiary alicyclic amines) is 1. The molecule has 46 heavy (non-hydrogen) atoms. The number of anilines is 3. The molecule has 13 heteroatoms. The Bertz CT molecular complexity index is 1450. The van der Waals surface area contributed by atoms with E-state index in [1.54, 1.807) is 17.8 Å². The number of nitrogens with one attached hydrogen (secondary N) is 1. The Hall–Kier alpha value is -3.58. The number of amides is 1. The van der Waals surface area contributed by atoms with Gasteiger partial charge in [-0.2, -0.15) is 26.3 Å². The first kappa shape index (κ1) is 33.8. The third-order valence-electron chi connectivity index (χ3n) is 8.48. The zero-order valence-corrected chi connectivity index (χ0v) is 26.0. The lowest BCUT2D eigenvalue weighted by Crippen LogP contribution is -2.48. The predicted molar refractivity (Wildman–Crippen MR) is 170 cm³/mol. The molecule has 3 N–H and O–H groups in total. The van der Waals surface area contributed by atoms with Gasteiger partial charge in [0.2, 0.25) is 5.91 Å². The number of nitrogens with zero attached hydrogens (tertiary/aromatic N) is 3. The molecule has 0 bridgehead atoms. The molecule has 0 spiro atoms. The van der Waals surface area contributed by atoms with Gasteiger partial charge in [-0.25, -0.2) is 0 Å². The van der Waals surface area contributed by atoms with E-state index in [-0.39, 0.29) is 17.6 Å². The van der Waals surface area contributed by atoms with Crippen LogP contribution in [0, 0.1) is 0 Å². The van der Waals surface area contributed by atoms with Gasteiger partial charge in [0.15, 0.2) is 0 Å². The summed E-state index contributed by atoms with van der Waals surface area (Å²) in [6, 6.07) is 17.3. The molecule has 2 fully saturated rings. The zero-order valence-electron chi connectivity index (χ0n) is 25.2. The monoisotopic (exact) mass is 665 g/mol. The average molecular weight is 666 g/mol. The summed E-state index contributed by atoms with van der Waals surface area (Å²) in [5, 5.41) is 3.16. The van der Waals surface area contributed by atoms with Gasteiger partial charge in [0.05, 0.1) is 11.1 Å². The fourth-order valence-corrected chi connectivity index (χ4v) is 6.61. The largest absolute Gasteiger partial charge is 0.418 e. The van der Waals surface area contributed by atoms with Gasteiger partial charge in [0.25, 0.3) is 0 Å². The number of nitrogen functional groups attached to an aromatic ring is 1. The first-order valence-corrected chi connectivity index (χ1v) is 16.2. The molecule has 248 valence electrons. The van der Waals surface area contributed by atoms with Gasteiger partial charge in [0, 0.05) is 86.0 Å². The van der Waals surface area contributed by atoms with E-state index < -0.39 is 23.5 Å². The molecule has 0 unspecified atom stereocenters. The van der Waals surface area contributed by atoms with Crippen molar-refractivity contribution >= 4 is 34.7 Å². The van der Waals surface area contributed by atoms with Crippen LogP contribution in [0.3, 0.4) is 0 Å². The van der Waals surface area contributed by atoms with Crippen molar-refractivity contribution in [2.45, 2.75) is 48.3 Å². The molecule has 3 aromatic carbocycles. The number of piperazine rings is 1. The minimum Gasteiger partial charge on any atom is -0.398 e. The molecule has 0 aliphatic carbocycles. The van der Waals surface area contributed by atoms with Crippen LogP contribution in [0.1, 0.15) is 36.0 Å². The van der Waals surface area contributed by atoms with Crippen LogP contribution in [0.2, 0.25) is 0 Å². The number of rotatable bonds is 9. The summed E-state index contributed by atoms with van der Waals surface area (Å²) in [5.41, 5.74) is 6.01. The van der Waals surface area contributed by atoms with Crippen molar-refractivity contribution in [2.75, 3.05) is 61.8 Å². The fraction of sp³-hybridized carbons (Fsp3) is 0.424. The SMILES string of the molecule is Nc1ccc(NC2CCN(C(=O)CCN3CCN(c4ccc(SCc5ccc(C(F)(F)F)cc5)cc4)CC3)CC2)cc1C(F)(F)F. The summed E-state index contributed by atoms with van der Waals surface area (Å²) in [4.78, 5) is 20.4. The minimum atomic E-state index is -4.51. The van der Waals surface area contributed by atoms with E-state index in [2.05, 4.69) is 27.2 Å². The Morgan fingerprint density at radius 2 is 1.48 bits per heavy atom. The third-order valence-corrected chi connectivity index (χ3v) is 9.56. The van der Waals surface area contributed by atoms with E-state index in [0.717, 1.165) is 60.5 Å². The van der Waals surface area contributed by atoms with Gasteiger partial charge in [-0.05, 0) is 73.0 Å². The minimum absolute atomic E-state index is 0.0199. The van der Waals surface area contributed by atoms with Gasteiger partial charge in [0.1, 0.15) is 0 Å². The normalized spacial score (nSPS) is 16.9. The molecule has 0 saturated carbocycles. The van der Waals surface area contributed by atoms with Crippen LogP contribution < -0.4 is 16.0 Å². The Morgan fingerprint density at radius 3 is 2.09 bits per heavy atom. The molecule has 3 aromatic rings. The van der Waals surface area contributed by atoms with Crippen LogP contribution in [0.4, 0.5) is 43.4 Å². The maximum atomic E-state index is 13.2. The van der Waals surface area contributed by atoms with Crippen LogP contribution in [0.5, 0.6) is 0 Å². The highest BCUT2D eigenvalue weighted by molar-refractivity contribution is 7.98. The van der Waals surface area contributed by atoms with Gasteiger partial charge in [-0.15, -0.1) is 11.8 Å². The lowest BCUT2D eigenvalue weighted by atomic mass is 10.0. The lowest BCUT2D eigenvalue weighted by molar-refractivity contribution is -0.138. The molecule has 0 aromatic heterocycles. The Balaban J connectivity index is 0.993. The summed E-state index contributed by atoms with van der Waals surface area (Å²) >= 11 is 1.58. The quantitative estimate of drug-likeness (QED) is 0.143. The average Bonchev–Trinajstić information content (AvgIpc) is 3.04. The van der Waals surface area contributed by atoms with Crippen molar-refractivity contribution in [3.63, 3.8) is 0 Å². The maximum absolute atomic E-state index is 13.2. The number of hydrogen-bond donors (Lipinski definition) is 2. The Morgan fingerprint density at radius 1 is 0.826 bits per heavy atom. The molecule has 5 rings (SSSR count). The maximum Gasteiger partial charge on any atom is 0.418 e. The van der Waals surface area contributed by atoms with Crippen molar-refractivity contribution in [1.29, 1.82) is 0 Å². The van der Waals surface area contributed by atoms with Crippen molar-refractivity contribution in [3.8, 4) is 0 Å². The summed E-state index contributed by atoms with van der Waals surface area (Å²) in [6.45, 7) is 5.15. The first-order valence-electron chi connectivity index (χ1n) is 15.2. The van der Waals surface area contributed by atoms with Crippen LogP contribution in [0.15, 0.2) is 71.6 Å². The molecular formula is C33H37F6N5OS. The highest BCUT2D eigenvalue weighted by Crippen LogP contribution is 2.36. The molecule has 0 radical (unpaired) electrons. The molecule has 6 nitrogen and oxygen atoms in total. The predicted octanol–water partition coefficient (Wildman–Crippen LogP) is 7.21. The zero-order chi connectivity index (χ0) is 32.9. The van der Waals surface area contributed by atoms with E-state index in [9.17, 15) is 31.1 Å². The lowest BCUT2D eigenvalue weighted by Gasteiger charge is -2.37. The fourth-order valence-electron chi connectivity index (χ4n) is 5.75. The van der Waals surface area contributed by atoms with Crippen molar-refractivity contribution in [3.05, 3.63) is 83.4 Å². The van der Waals surface area contributed by atoms with Gasteiger partial charge >= 0.3 is 12.4 Å². The molecule has 0 atom stereocenters. The summed E-state index contributed by atoms with van der Waals surface area (Å²) < 4.78 is 77.9. The van der Waals surface area contributed by atoms with E-state index >= 15 is 0 Å². The van der Waals surface area contributed by atoms with Crippen LogP contribution in [0.25, 0.3) is 0 Å². The number of carbonyl (C=O) groups excluding carboxylic acids is 1.